The van der Waals surface area contributed by atoms with E-state index in [1.165, 1.54) is 12.1 Å². The molecule has 0 bridgehead atoms. The molecular formula is C21H15ClN4O3. The second-order valence-corrected chi connectivity index (χ2v) is 6.84. The number of anilines is 1. The highest BCUT2D eigenvalue weighted by atomic mass is 35.5. The van der Waals surface area contributed by atoms with E-state index < -0.39 is 10.8 Å². The average Bonchev–Trinajstić information content (AvgIpc) is 3.05. The molecule has 0 saturated carbocycles. The van der Waals surface area contributed by atoms with Crippen LogP contribution in [0.25, 0.3) is 22.4 Å². The quantitative estimate of drug-likeness (QED) is 0.379. The lowest BCUT2D eigenvalue weighted by atomic mass is 10.1. The summed E-state index contributed by atoms with van der Waals surface area (Å²) in [7, 11) is 1.96. The van der Waals surface area contributed by atoms with Crippen molar-refractivity contribution in [2.45, 2.75) is 0 Å². The number of fused-ring (bicyclic) bond motifs is 1. The van der Waals surface area contributed by atoms with E-state index in [0.29, 0.717) is 5.69 Å². The van der Waals surface area contributed by atoms with Crippen LogP contribution in [0.15, 0.2) is 66.7 Å². The van der Waals surface area contributed by atoms with Crippen molar-refractivity contribution in [2.24, 2.45) is 7.05 Å². The van der Waals surface area contributed by atoms with E-state index in [4.69, 9.17) is 11.6 Å². The number of hydrogen-bond donors (Lipinski definition) is 1. The minimum Gasteiger partial charge on any atom is -0.327 e. The minimum atomic E-state index is -0.562. The van der Waals surface area contributed by atoms with Gasteiger partial charge in [0, 0.05) is 30.4 Å². The molecule has 0 aliphatic carbocycles. The first kappa shape index (κ1) is 18.6. The minimum absolute atomic E-state index is 0.0213. The van der Waals surface area contributed by atoms with E-state index in [0.717, 1.165) is 28.5 Å². The van der Waals surface area contributed by atoms with Crippen LogP contribution in [-0.4, -0.2) is 20.4 Å². The van der Waals surface area contributed by atoms with Crippen LogP contribution >= 0.6 is 11.6 Å². The first-order chi connectivity index (χ1) is 13.9. The number of nitrogens with zero attached hydrogens (tertiary/aromatic N) is 3. The van der Waals surface area contributed by atoms with E-state index in [-0.39, 0.29) is 16.3 Å². The largest absolute Gasteiger partial charge is 0.327 e. The van der Waals surface area contributed by atoms with E-state index in [2.05, 4.69) is 10.3 Å². The summed E-state index contributed by atoms with van der Waals surface area (Å²) in [5, 5.41) is 13.6. The molecule has 4 aromatic rings. The first-order valence-electron chi connectivity index (χ1n) is 8.71. The molecule has 144 valence electrons. The van der Waals surface area contributed by atoms with Gasteiger partial charge in [0.1, 0.15) is 5.82 Å². The number of rotatable bonds is 4. The summed E-state index contributed by atoms with van der Waals surface area (Å²) in [4.78, 5) is 27.4. The zero-order valence-corrected chi connectivity index (χ0v) is 16.1. The maximum absolute atomic E-state index is 12.5. The van der Waals surface area contributed by atoms with Crippen LogP contribution in [0.1, 0.15) is 10.4 Å². The number of nitro benzene ring substituents is 1. The lowest BCUT2D eigenvalue weighted by Gasteiger charge is -2.08. The maximum Gasteiger partial charge on any atom is 0.270 e. The number of carbonyl (C=O) groups excluding carboxylic acids is 1. The van der Waals surface area contributed by atoms with Crippen LogP contribution < -0.4 is 5.32 Å². The van der Waals surface area contributed by atoms with Crippen molar-refractivity contribution in [1.82, 2.24) is 9.55 Å². The van der Waals surface area contributed by atoms with Crippen LogP contribution in [0.2, 0.25) is 5.02 Å². The van der Waals surface area contributed by atoms with Gasteiger partial charge >= 0.3 is 0 Å². The van der Waals surface area contributed by atoms with E-state index in [1.807, 2.05) is 48.0 Å². The van der Waals surface area contributed by atoms with Gasteiger partial charge in [0.05, 0.1) is 26.5 Å². The molecule has 0 saturated heterocycles. The number of non-ortho nitro benzene ring substituents is 1. The standard InChI is InChI=1S/C21H15ClN4O3/c1-25-19-5-3-2-4-18(19)24-20(25)13-6-8-14(9-7-13)23-21(27)16-11-10-15(26(28)29)12-17(16)22/h2-12H,1H3,(H,23,27). The summed E-state index contributed by atoms with van der Waals surface area (Å²) >= 11 is 6.02. The number of benzene rings is 3. The number of aromatic nitrogens is 2. The number of hydrogen-bond acceptors (Lipinski definition) is 4. The fraction of sp³-hybridized carbons (Fsp3) is 0.0476. The van der Waals surface area contributed by atoms with Gasteiger partial charge in [-0.3, -0.25) is 14.9 Å². The Kier molecular flexibility index (Phi) is 4.74. The Balaban J connectivity index is 1.56. The van der Waals surface area contributed by atoms with Crippen LogP contribution in [-0.2, 0) is 7.05 Å². The highest BCUT2D eigenvalue weighted by Crippen LogP contribution is 2.26. The molecule has 0 aliphatic heterocycles. The molecule has 0 spiro atoms. The van der Waals surface area contributed by atoms with Gasteiger partial charge in [0.2, 0.25) is 0 Å². The number of imidazole rings is 1. The van der Waals surface area contributed by atoms with Gasteiger partial charge in [-0.05, 0) is 42.5 Å². The smallest absolute Gasteiger partial charge is 0.270 e. The molecule has 1 amide bonds. The van der Waals surface area contributed by atoms with Gasteiger partial charge in [-0.25, -0.2) is 4.98 Å². The molecule has 1 aromatic heterocycles. The SMILES string of the molecule is Cn1c(-c2ccc(NC(=O)c3ccc([N+](=O)[O-])cc3Cl)cc2)nc2ccccc21. The number of para-hydroxylation sites is 2. The molecule has 0 radical (unpaired) electrons. The fourth-order valence-corrected chi connectivity index (χ4v) is 3.37. The molecule has 29 heavy (non-hydrogen) atoms. The van der Waals surface area contributed by atoms with Gasteiger partial charge in [-0.2, -0.15) is 0 Å². The van der Waals surface area contributed by atoms with E-state index in [1.54, 1.807) is 12.1 Å². The number of nitro groups is 1. The van der Waals surface area contributed by atoms with Gasteiger partial charge in [0.25, 0.3) is 11.6 Å². The molecular weight excluding hydrogens is 392 g/mol. The highest BCUT2D eigenvalue weighted by Gasteiger charge is 2.15. The van der Waals surface area contributed by atoms with Crippen molar-refractivity contribution in [3.63, 3.8) is 0 Å². The molecule has 1 N–H and O–H groups in total. The number of amides is 1. The summed E-state index contributed by atoms with van der Waals surface area (Å²) < 4.78 is 2.01. The van der Waals surface area contributed by atoms with E-state index in [9.17, 15) is 14.9 Å². The zero-order valence-electron chi connectivity index (χ0n) is 15.3. The lowest BCUT2D eigenvalue weighted by Crippen LogP contribution is -2.12. The molecule has 3 aromatic carbocycles. The summed E-state index contributed by atoms with van der Waals surface area (Å²) in [6, 6.07) is 18.9. The zero-order chi connectivity index (χ0) is 20.5. The second kappa shape index (κ2) is 7.37. The van der Waals surface area contributed by atoms with Crippen LogP contribution in [0.4, 0.5) is 11.4 Å². The molecule has 0 aliphatic rings. The van der Waals surface area contributed by atoms with Crippen molar-refractivity contribution < 1.29 is 9.72 Å². The van der Waals surface area contributed by atoms with Gasteiger partial charge < -0.3 is 9.88 Å². The summed E-state index contributed by atoms with van der Waals surface area (Å²) in [5.41, 5.74) is 3.43. The van der Waals surface area contributed by atoms with Gasteiger partial charge in [-0.1, -0.05) is 23.7 Å². The van der Waals surface area contributed by atoms with Gasteiger partial charge in [-0.15, -0.1) is 0 Å². The molecule has 8 heteroatoms. The van der Waals surface area contributed by atoms with Crippen LogP contribution in [0, 0.1) is 10.1 Å². The predicted molar refractivity (Wildman–Crippen MR) is 112 cm³/mol. The Bertz CT molecular complexity index is 1250. The molecule has 0 atom stereocenters. The monoisotopic (exact) mass is 406 g/mol. The van der Waals surface area contributed by atoms with Crippen molar-refractivity contribution in [3.8, 4) is 11.4 Å². The normalized spacial score (nSPS) is 10.8. The second-order valence-electron chi connectivity index (χ2n) is 6.44. The Morgan fingerprint density at radius 2 is 1.83 bits per heavy atom. The third kappa shape index (κ3) is 3.55. The van der Waals surface area contributed by atoms with Gasteiger partial charge in [0.15, 0.2) is 0 Å². The molecule has 0 fully saturated rings. The maximum atomic E-state index is 12.5. The summed E-state index contributed by atoms with van der Waals surface area (Å²) in [6.07, 6.45) is 0. The van der Waals surface area contributed by atoms with Crippen molar-refractivity contribution >= 4 is 39.9 Å². The number of nitrogens with one attached hydrogen (secondary N) is 1. The molecule has 1 heterocycles. The molecule has 7 nitrogen and oxygen atoms in total. The third-order valence-corrected chi connectivity index (χ3v) is 4.91. The summed E-state index contributed by atoms with van der Waals surface area (Å²) in [5.74, 6) is 0.378. The molecule has 0 unspecified atom stereocenters. The third-order valence-electron chi connectivity index (χ3n) is 4.60. The van der Waals surface area contributed by atoms with Crippen LogP contribution in [0.3, 0.4) is 0 Å². The summed E-state index contributed by atoms with van der Waals surface area (Å²) in [6.45, 7) is 0. The Morgan fingerprint density at radius 1 is 1.10 bits per heavy atom. The first-order valence-corrected chi connectivity index (χ1v) is 9.09. The van der Waals surface area contributed by atoms with Crippen LogP contribution in [0.5, 0.6) is 0 Å². The Morgan fingerprint density at radius 3 is 2.48 bits per heavy atom. The Hall–Kier alpha value is -3.71. The lowest BCUT2D eigenvalue weighted by molar-refractivity contribution is -0.384. The fourth-order valence-electron chi connectivity index (χ4n) is 3.11. The molecule has 4 rings (SSSR count). The number of halogens is 1. The van der Waals surface area contributed by atoms with Crippen molar-refractivity contribution in [2.75, 3.05) is 5.32 Å². The van der Waals surface area contributed by atoms with E-state index >= 15 is 0 Å². The number of aryl methyl sites for hydroxylation is 1. The average molecular weight is 407 g/mol. The number of carbonyl (C=O) groups is 1. The topological polar surface area (TPSA) is 90.1 Å². The predicted octanol–water partition coefficient (Wildman–Crippen LogP) is 5.05. The van der Waals surface area contributed by atoms with Crippen molar-refractivity contribution in [3.05, 3.63) is 87.4 Å². The van der Waals surface area contributed by atoms with Crippen molar-refractivity contribution in [1.29, 1.82) is 0 Å². The highest BCUT2D eigenvalue weighted by molar-refractivity contribution is 6.34. The Labute approximate surface area is 170 Å².